The predicted molar refractivity (Wildman–Crippen MR) is 43.9 cm³/mol. The van der Waals surface area contributed by atoms with E-state index in [-0.39, 0.29) is 0 Å². The van der Waals surface area contributed by atoms with Gasteiger partial charge in [0.1, 0.15) is 0 Å². The summed E-state index contributed by atoms with van der Waals surface area (Å²) < 4.78 is 0.690. The van der Waals surface area contributed by atoms with Crippen molar-refractivity contribution in [1.82, 2.24) is 0 Å². The molecule has 0 radical (unpaired) electrons. The first-order chi connectivity index (χ1) is 4.06. The van der Waals surface area contributed by atoms with Crippen LogP contribution in [-0.4, -0.2) is 27.9 Å². The van der Waals surface area contributed by atoms with Crippen LogP contribution in [0.15, 0.2) is 0 Å². The standard InChI is InChI=1S/C8H17.Na/c1-4-5-6-7-8(2)3;/h4-7H2,1-3H3;. The van der Waals surface area contributed by atoms with Gasteiger partial charge in [-0.2, -0.15) is 0 Å². The molecule has 0 aromatic carbocycles. The third-order valence-electron chi connectivity index (χ3n) is 1.53. The van der Waals surface area contributed by atoms with Gasteiger partial charge in [-0.05, 0) is 0 Å². The number of hydrogen-bond acceptors (Lipinski definition) is 0. The van der Waals surface area contributed by atoms with Gasteiger partial charge in [-0.3, -0.25) is 0 Å². The molecule has 1 heteroatoms. The maximum atomic E-state index is 2.37. The number of rotatable bonds is 4. The molecular formula is C8H17Na. The molecule has 0 atom stereocenters. The summed E-state index contributed by atoms with van der Waals surface area (Å²) in [5, 5.41) is 0. The van der Waals surface area contributed by atoms with Gasteiger partial charge in [0.2, 0.25) is 0 Å². The van der Waals surface area contributed by atoms with Crippen LogP contribution in [0.3, 0.4) is 0 Å². The Morgan fingerprint density at radius 2 is 1.78 bits per heavy atom. The van der Waals surface area contributed by atoms with E-state index < -0.39 is 0 Å². The Bertz CT molecular complexity index is 61.5. The minimum atomic E-state index is 0.690. The Kier molecular flexibility index (Phi) is 5.29. The van der Waals surface area contributed by atoms with Crippen LogP contribution in [0.1, 0.15) is 46.5 Å². The normalized spacial score (nSPS) is 12.1. The van der Waals surface area contributed by atoms with Crippen LogP contribution < -0.4 is 0 Å². The summed E-state index contributed by atoms with van der Waals surface area (Å²) in [5.41, 5.74) is 0. The Balaban J connectivity index is 3.07. The van der Waals surface area contributed by atoms with E-state index in [0.29, 0.717) is 2.66 Å². The molecule has 0 aliphatic rings. The van der Waals surface area contributed by atoms with Crippen molar-refractivity contribution in [3.63, 3.8) is 0 Å². The zero-order valence-corrected chi connectivity index (χ0v) is 9.33. The van der Waals surface area contributed by atoms with Crippen LogP contribution >= 0.6 is 0 Å². The van der Waals surface area contributed by atoms with Crippen LogP contribution in [0, 0.1) is 0 Å². The average Bonchev–Trinajstić information content (AvgIpc) is 1.63. The zero-order valence-electron chi connectivity index (χ0n) is 7.33. The predicted octanol–water partition coefficient (Wildman–Crippen LogP) is 2.93. The van der Waals surface area contributed by atoms with Crippen LogP contribution in [0.2, 0.25) is 2.66 Å². The molecule has 0 aliphatic carbocycles. The summed E-state index contributed by atoms with van der Waals surface area (Å²) in [7, 11) is 0. The summed E-state index contributed by atoms with van der Waals surface area (Å²) in [6.45, 7) is 7.00. The minimum absolute atomic E-state index is 0.690. The van der Waals surface area contributed by atoms with Crippen molar-refractivity contribution < 1.29 is 0 Å². The van der Waals surface area contributed by atoms with E-state index >= 15 is 0 Å². The van der Waals surface area contributed by atoms with Crippen molar-refractivity contribution in [2.75, 3.05) is 0 Å². The van der Waals surface area contributed by atoms with Crippen molar-refractivity contribution in [2.24, 2.45) is 0 Å². The molecular weight excluding hydrogens is 119 g/mol. The molecule has 0 bridgehead atoms. The SMILES string of the molecule is CCCCC[C](C)(C)[Na]. The van der Waals surface area contributed by atoms with Gasteiger partial charge in [-0.1, -0.05) is 0 Å². The third kappa shape index (κ3) is 9.00. The summed E-state index contributed by atoms with van der Waals surface area (Å²) in [4.78, 5) is 0. The van der Waals surface area contributed by atoms with Gasteiger partial charge in [0.25, 0.3) is 0 Å². The second-order valence-corrected chi connectivity index (χ2v) is 6.72. The number of unbranched alkanes of at least 4 members (excludes halogenated alkanes) is 2. The average molecular weight is 136 g/mol. The van der Waals surface area contributed by atoms with Crippen LogP contribution in [-0.2, 0) is 0 Å². The summed E-state index contributed by atoms with van der Waals surface area (Å²) in [6, 6.07) is 0. The van der Waals surface area contributed by atoms with Crippen molar-refractivity contribution >= 4 is 27.9 Å². The fourth-order valence-electron chi connectivity index (χ4n) is 0.905. The van der Waals surface area contributed by atoms with E-state index in [1.54, 1.807) is 0 Å². The molecule has 0 saturated carbocycles. The Morgan fingerprint density at radius 1 is 1.22 bits per heavy atom. The van der Waals surface area contributed by atoms with Crippen molar-refractivity contribution in [1.29, 1.82) is 0 Å². The molecule has 0 nitrogen and oxygen atoms in total. The zero-order chi connectivity index (χ0) is 7.33. The van der Waals surface area contributed by atoms with Gasteiger partial charge in [0.05, 0.1) is 0 Å². The van der Waals surface area contributed by atoms with E-state index in [2.05, 4.69) is 20.8 Å². The molecule has 0 fully saturated rings. The molecule has 0 unspecified atom stereocenters. The molecule has 0 aromatic heterocycles. The third-order valence-corrected chi connectivity index (χ3v) is 2.03. The fourth-order valence-corrected chi connectivity index (χ4v) is 1.26. The summed E-state index contributed by atoms with van der Waals surface area (Å²) >= 11 is 1.34. The first-order valence-corrected chi connectivity index (χ1v) is 5.06. The molecule has 0 spiro atoms. The fraction of sp³-hybridized carbons (Fsp3) is 1.00. The van der Waals surface area contributed by atoms with Crippen LogP contribution in [0.4, 0.5) is 0 Å². The van der Waals surface area contributed by atoms with Crippen LogP contribution in [0.5, 0.6) is 0 Å². The van der Waals surface area contributed by atoms with E-state index in [4.69, 9.17) is 0 Å². The summed E-state index contributed by atoms with van der Waals surface area (Å²) in [5.74, 6) is 0. The maximum absolute atomic E-state index is 2.37. The topological polar surface area (TPSA) is 0 Å². The van der Waals surface area contributed by atoms with E-state index in [9.17, 15) is 0 Å². The quantitative estimate of drug-likeness (QED) is 0.411. The number of hydrogen-bond donors (Lipinski definition) is 0. The molecule has 0 amide bonds. The van der Waals surface area contributed by atoms with E-state index in [1.807, 2.05) is 0 Å². The molecule has 0 aromatic rings. The Labute approximate surface area is 76.8 Å². The molecule has 9 heavy (non-hydrogen) atoms. The summed E-state index contributed by atoms with van der Waals surface area (Å²) in [6.07, 6.45) is 5.66. The molecule has 50 valence electrons. The van der Waals surface area contributed by atoms with Crippen molar-refractivity contribution in [3.05, 3.63) is 0 Å². The molecule has 0 rings (SSSR count). The van der Waals surface area contributed by atoms with Gasteiger partial charge in [0.15, 0.2) is 0 Å². The molecule has 0 saturated heterocycles. The van der Waals surface area contributed by atoms with Crippen LogP contribution in [0.25, 0.3) is 0 Å². The van der Waals surface area contributed by atoms with Gasteiger partial charge >= 0.3 is 77.0 Å². The van der Waals surface area contributed by atoms with Gasteiger partial charge in [-0.15, -0.1) is 0 Å². The molecule has 0 N–H and O–H groups in total. The first-order valence-electron chi connectivity index (χ1n) is 4.06. The second-order valence-electron chi connectivity index (χ2n) is 4.02. The Morgan fingerprint density at radius 3 is 2.11 bits per heavy atom. The van der Waals surface area contributed by atoms with Crippen molar-refractivity contribution in [3.8, 4) is 0 Å². The van der Waals surface area contributed by atoms with Gasteiger partial charge < -0.3 is 0 Å². The van der Waals surface area contributed by atoms with Gasteiger partial charge in [0, 0.05) is 0 Å². The van der Waals surface area contributed by atoms with Crippen molar-refractivity contribution in [2.45, 2.75) is 49.1 Å². The molecule has 0 heterocycles. The van der Waals surface area contributed by atoms with E-state index in [0.717, 1.165) is 0 Å². The molecule has 0 aliphatic heterocycles. The Hall–Kier alpha value is 1.00. The first kappa shape index (κ1) is 10.0. The monoisotopic (exact) mass is 136 g/mol. The van der Waals surface area contributed by atoms with Gasteiger partial charge in [-0.25, -0.2) is 0 Å². The van der Waals surface area contributed by atoms with E-state index in [1.165, 1.54) is 53.6 Å². The second kappa shape index (κ2) is 4.76.